The number of hydrogen-bond acceptors (Lipinski definition) is 5. The molecule has 1 saturated heterocycles. The van der Waals surface area contributed by atoms with E-state index < -0.39 is 0 Å². The van der Waals surface area contributed by atoms with Crippen LogP contribution in [-0.4, -0.2) is 29.2 Å². The van der Waals surface area contributed by atoms with Crippen LogP contribution in [0.1, 0.15) is 29.7 Å². The number of pyridine rings is 2. The van der Waals surface area contributed by atoms with E-state index in [1.54, 1.807) is 12.4 Å². The molecule has 5 heteroatoms. The SMILES string of the molecule is Cc1cc(C)c(C#N)c(N2CCCC(Oc3cccnc3)C2)n1. The van der Waals surface area contributed by atoms with Crippen molar-refractivity contribution < 1.29 is 4.74 Å². The summed E-state index contributed by atoms with van der Waals surface area (Å²) in [5.41, 5.74) is 2.58. The molecule has 2 aromatic heterocycles. The molecule has 0 aliphatic carbocycles. The Morgan fingerprint density at radius 3 is 3.00 bits per heavy atom. The van der Waals surface area contributed by atoms with Gasteiger partial charge < -0.3 is 9.64 Å². The van der Waals surface area contributed by atoms with E-state index in [0.717, 1.165) is 48.8 Å². The zero-order chi connectivity index (χ0) is 16.2. The number of rotatable bonds is 3. The lowest BCUT2D eigenvalue weighted by molar-refractivity contribution is 0.178. The zero-order valence-electron chi connectivity index (χ0n) is 13.5. The average molecular weight is 308 g/mol. The third-order valence-electron chi connectivity index (χ3n) is 4.05. The van der Waals surface area contributed by atoms with Crippen LogP contribution in [0.15, 0.2) is 30.6 Å². The lowest BCUT2D eigenvalue weighted by Crippen LogP contribution is -2.42. The second-order valence-electron chi connectivity index (χ2n) is 5.91. The molecule has 0 saturated carbocycles. The third-order valence-corrected chi connectivity index (χ3v) is 4.05. The fourth-order valence-corrected chi connectivity index (χ4v) is 3.02. The van der Waals surface area contributed by atoms with Crippen LogP contribution in [0, 0.1) is 25.2 Å². The van der Waals surface area contributed by atoms with Gasteiger partial charge in [0.25, 0.3) is 0 Å². The fourth-order valence-electron chi connectivity index (χ4n) is 3.02. The monoisotopic (exact) mass is 308 g/mol. The number of aromatic nitrogens is 2. The van der Waals surface area contributed by atoms with Crippen molar-refractivity contribution >= 4 is 5.82 Å². The van der Waals surface area contributed by atoms with E-state index in [2.05, 4.69) is 20.9 Å². The van der Waals surface area contributed by atoms with Crippen LogP contribution < -0.4 is 9.64 Å². The molecule has 118 valence electrons. The number of piperidine rings is 1. The molecule has 1 atom stereocenters. The Labute approximate surface area is 136 Å². The molecule has 1 unspecified atom stereocenters. The summed E-state index contributed by atoms with van der Waals surface area (Å²) in [5, 5.41) is 9.47. The first-order valence-electron chi connectivity index (χ1n) is 7.87. The molecule has 0 spiro atoms. The van der Waals surface area contributed by atoms with Crippen molar-refractivity contribution in [1.29, 1.82) is 5.26 Å². The van der Waals surface area contributed by atoms with Gasteiger partial charge >= 0.3 is 0 Å². The Bertz CT molecular complexity index is 724. The average Bonchev–Trinajstić information content (AvgIpc) is 2.55. The Morgan fingerprint density at radius 1 is 1.39 bits per heavy atom. The largest absolute Gasteiger partial charge is 0.487 e. The molecule has 0 N–H and O–H groups in total. The molecule has 1 aliphatic rings. The molecule has 2 aromatic rings. The second kappa shape index (κ2) is 6.66. The van der Waals surface area contributed by atoms with Crippen LogP contribution in [0.3, 0.4) is 0 Å². The van der Waals surface area contributed by atoms with E-state index >= 15 is 0 Å². The Kier molecular flexibility index (Phi) is 4.42. The van der Waals surface area contributed by atoms with E-state index in [1.807, 2.05) is 32.0 Å². The minimum absolute atomic E-state index is 0.0853. The van der Waals surface area contributed by atoms with Gasteiger partial charge in [-0.2, -0.15) is 5.26 Å². The number of hydrogen-bond donors (Lipinski definition) is 0. The van der Waals surface area contributed by atoms with Crippen LogP contribution in [0.2, 0.25) is 0 Å². The van der Waals surface area contributed by atoms with Gasteiger partial charge in [-0.05, 0) is 50.5 Å². The van der Waals surface area contributed by atoms with Gasteiger partial charge in [-0.3, -0.25) is 4.98 Å². The summed E-state index contributed by atoms with van der Waals surface area (Å²) in [6, 6.07) is 8.04. The molecule has 23 heavy (non-hydrogen) atoms. The molecule has 1 aliphatic heterocycles. The smallest absolute Gasteiger partial charge is 0.147 e. The van der Waals surface area contributed by atoms with Gasteiger partial charge in [-0.1, -0.05) is 0 Å². The molecule has 0 aromatic carbocycles. The third kappa shape index (κ3) is 3.42. The van der Waals surface area contributed by atoms with E-state index in [0.29, 0.717) is 5.56 Å². The van der Waals surface area contributed by atoms with Gasteiger partial charge in [-0.25, -0.2) is 4.98 Å². The molecule has 5 nitrogen and oxygen atoms in total. The molecule has 0 bridgehead atoms. The normalized spacial score (nSPS) is 17.6. The van der Waals surface area contributed by atoms with Crippen molar-refractivity contribution in [2.24, 2.45) is 0 Å². The first-order valence-corrected chi connectivity index (χ1v) is 7.87. The summed E-state index contributed by atoms with van der Waals surface area (Å²) in [4.78, 5) is 10.9. The lowest BCUT2D eigenvalue weighted by atomic mass is 10.1. The number of anilines is 1. The van der Waals surface area contributed by atoms with E-state index in [4.69, 9.17) is 4.74 Å². The van der Waals surface area contributed by atoms with E-state index in [1.165, 1.54) is 0 Å². The van der Waals surface area contributed by atoms with Crippen molar-refractivity contribution in [3.8, 4) is 11.8 Å². The highest BCUT2D eigenvalue weighted by Gasteiger charge is 2.25. The highest BCUT2D eigenvalue weighted by atomic mass is 16.5. The topological polar surface area (TPSA) is 62.0 Å². The number of nitrogens with zero attached hydrogens (tertiary/aromatic N) is 4. The van der Waals surface area contributed by atoms with Crippen LogP contribution in [0.4, 0.5) is 5.82 Å². The predicted molar refractivity (Wildman–Crippen MR) is 88.5 cm³/mol. The summed E-state index contributed by atoms with van der Waals surface area (Å²) in [6.07, 6.45) is 5.57. The highest BCUT2D eigenvalue weighted by molar-refractivity contribution is 5.58. The molecule has 0 radical (unpaired) electrons. The molecule has 3 rings (SSSR count). The van der Waals surface area contributed by atoms with Gasteiger partial charge in [0, 0.05) is 18.4 Å². The molecular weight excluding hydrogens is 288 g/mol. The maximum absolute atomic E-state index is 9.47. The summed E-state index contributed by atoms with van der Waals surface area (Å²) in [5.74, 6) is 1.57. The summed E-state index contributed by atoms with van der Waals surface area (Å²) < 4.78 is 6.03. The van der Waals surface area contributed by atoms with E-state index in [-0.39, 0.29) is 6.10 Å². The number of nitriles is 1. The number of ether oxygens (including phenoxy) is 1. The maximum Gasteiger partial charge on any atom is 0.147 e. The van der Waals surface area contributed by atoms with Crippen molar-refractivity contribution in [3.63, 3.8) is 0 Å². The van der Waals surface area contributed by atoms with Crippen LogP contribution >= 0.6 is 0 Å². The van der Waals surface area contributed by atoms with Crippen LogP contribution in [0.5, 0.6) is 5.75 Å². The predicted octanol–water partition coefficient (Wildman–Crippen LogP) is 3.01. The van der Waals surface area contributed by atoms with Gasteiger partial charge in [0.2, 0.25) is 0 Å². The van der Waals surface area contributed by atoms with Gasteiger partial charge in [-0.15, -0.1) is 0 Å². The highest BCUT2D eigenvalue weighted by Crippen LogP contribution is 2.26. The molecule has 3 heterocycles. The lowest BCUT2D eigenvalue weighted by Gasteiger charge is -2.34. The Hall–Kier alpha value is -2.61. The minimum Gasteiger partial charge on any atom is -0.487 e. The van der Waals surface area contributed by atoms with Crippen LogP contribution in [-0.2, 0) is 0 Å². The van der Waals surface area contributed by atoms with Gasteiger partial charge in [0.1, 0.15) is 23.7 Å². The van der Waals surface area contributed by atoms with Crippen LogP contribution in [0.25, 0.3) is 0 Å². The van der Waals surface area contributed by atoms with E-state index in [9.17, 15) is 5.26 Å². The van der Waals surface area contributed by atoms with Crippen molar-refractivity contribution in [2.45, 2.75) is 32.8 Å². The minimum atomic E-state index is 0.0853. The maximum atomic E-state index is 9.47. The van der Waals surface area contributed by atoms with Gasteiger partial charge in [0.05, 0.1) is 18.3 Å². The van der Waals surface area contributed by atoms with Crippen molar-refractivity contribution in [1.82, 2.24) is 9.97 Å². The number of aryl methyl sites for hydroxylation is 2. The standard InChI is InChI=1S/C18H20N4O/c1-13-9-14(2)21-18(17(13)10-19)22-8-4-6-16(12-22)23-15-5-3-7-20-11-15/h3,5,7,9,11,16H,4,6,8,12H2,1-2H3. The first-order chi connectivity index (χ1) is 11.2. The molecule has 1 fully saturated rings. The fraction of sp³-hybridized carbons (Fsp3) is 0.389. The molecule has 0 amide bonds. The zero-order valence-corrected chi connectivity index (χ0v) is 13.5. The van der Waals surface area contributed by atoms with Crippen molar-refractivity contribution in [3.05, 3.63) is 47.4 Å². The quantitative estimate of drug-likeness (QED) is 0.872. The molecular formula is C18H20N4O. The second-order valence-corrected chi connectivity index (χ2v) is 5.91. The van der Waals surface area contributed by atoms with Gasteiger partial charge in [0.15, 0.2) is 0 Å². The summed E-state index contributed by atoms with van der Waals surface area (Å²) in [6.45, 7) is 5.56. The van der Waals surface area contributed by atoms with Crippen molar-refractivity contribution in [2.75, 3.05) is 18.0 Å². The Balaban J connectivity index is 1.80. The first kappa shape index (κ1) is 15.3. The Morgan fingerprint density at radius 2 is 2.26 bits per heavy atom. The summed E-state index contributed by atoms with van der Waals surface area (Å²) >= 11 is 0. The summed E-state index contributed by atoms with van der Waals surface area (Å²) in [7, 11) is 0.